The van der Waals surface area contributed by atoms with E-state index in [0.717, 1.165) is 49.6 Å². The molecule has 4 rings (SSSR count). The zero-order valence-corrected chi connectivity index (χ0v) is 14.7. The molecule has 2 fully saturated rings. The van der Waals surface area contributed by atoms with Crippen LogP contribution in [0.2, 0.25) is 0 Å². The summed E-state index contributed by atoms with van der Waals surface area (Å²) < 4.78 is 12.4. The molecule has 2 aliphatic rings. The van der Waals surface area contributed by atoms with Crippen LogP contribution in [0.15, 0.2) is 30.3 Å². The smallest absolute Gasteiger partial charge is 0.430 e. The number of aromatic nitrogens is 2. The van der Waals surface area contributed by atoms with Crippen molar-refractivity contribution < 1.29 is 14.3 Å². The molecule has 2 saturated heterocycles. The van der Waals surface area contributed by atoms with E-state index >= 15 is 0 Å². The maximum Gasteiger partial charge on any atom is 0.509 e. The number of benzene rings is 1. The van der Waals surface area contributed by atoms with Crippen molar-refractivity contribution in [2.75, 3.05) is 19.7 Å². The number of hydrogen-bond acceptors (Lipinski definition) is 5. The van der Waals surface area contributed by atoms with E-state index in [-0.39, 0.29) is 5.60 Å². The lowest BCUT2D eigenvalue weighted by atomic mass is 9.92. The maximum atomic E-state index is 11.2. The molecule has 2 aliphatic heterocycles. The number of carbonyl (C=O) groups is 1. The molecule has 2 aromatic rings. The minimum Gasteiger partial charge on any atom is -0.430 e. The van der Waals surface area contributed by atoms with E-state index in [9.17, 15) is 4.79 Å². The molecule has 6 nitrogen and oxygen atoms in total. The van der Waals surface area contributed by atoms with Gasteiger partial charge < -0.3 is 9.47 Å². The minimum atomic E-state index is -0.522. The third-order valence-electron chi connectivity index (χ3n) is 5.09. The van der Waals surface area contributed by atoms with Gasteiger partial charge in [-0.25, -0.2) is 9.48 Å². The highest BCUT2D eigenvalue weighted by atomic mass is 16.8. The second kappa shape index (κ2) is 6.19. The van der Waals surface area contributed by atoms with Gasteiger partial charge >= 0.3 is 6.16 Å². The number of nitrogens with zero attached hydrogens (tertiary/aromatic N) is 3. The van der Waals surface area contributed by atoms with Gasteiger partial charge in [-0.05, 0) is 37.6 Å². The van der Waals surface area contributed by atoms with E-state index in [1.54, 1.807) is 0 Å². The molecular formula is C19H23N3O3. The SMILES string of the molecule is Cc1cc(C)n(-c2cccc(CN3CCC4(CC3)COC(=O)O4)c2)n1. The van der Waals surface area contributed by atoms with E-state index in [2.05, 4.69) is 47.3 Å². The van der Waals surface area contributed by atoms with Gasteiger partial charge in [-0.15, -0.1) is 0 Å². The van der Waals surface area contributed by atoms with Crippen LogP contribution >= 0.6 is 0 Å². The molecule has 0 aliphatic carbocycles. The van der Waals surface area contributed by atoms with Gasteiger partial charge in [-0.3, -0.25) is 4.90 Å². The van der Waals surface area contributed by atoms with Crippen LogP contribution < -0.4 is 0 Å². The van der Waals surface area contributed by atoms with Crippen molar-refractivity contribution >= 4 is 6.16 Å². The lowest BCUT2D eigenvalue weighted by Gasteiger charge is -2.36. The van der Waals surface area contributed by atoms with Crippen molar-refractivity contribution in [3.8, 4) is 5.69 Å². The summed E-state index contributed by atoms with van der Waals surface area (Å²) in [4.78, 5) is 13.6. The Balaban J connectivity index is 1.43. The van der Waals surface area contributed by atoms with Crippen LogP contribution in [0.4, 0.5) is 4.79 Å². The summed E-state index contributed by atoms with van der Waals surface area (Å²) in [6, 6.07) is 10.6. The zero-order valence-electron chi connectivity index (χ0n) is 14.7. The van der Waals surface area contributed by atoms with Gasteiger partial charge in [0.2, 0.25) is 0 Å². The predicted octanol–water partition coefficient (Wildman–Crippen LogP) is 2.99. The maximum absolute atomic E-state index is 11.2. The first-order valence-corrected chi connectivity index (χ1v) is 8.74. The van der Waals surface area contributed by atoms with Crippen LogP contribution in [0.3, 0.4) is 0 Å². The minimum absolute atomic E-state index is 0.390. The van der Waals surface area contributed by atoms with Crippen LogP contribution in [-0.4, -0.2) is 46.1 Å². The van der Waals surface area contributed by atoms with E-state index in [1.165, 1.54) is 5.56 Å². The normalized spacial score (nSPS) is 19.8. The van der Waals surface area contributed by atoms with Crippen LogP contribution in [0, 0.1) is 13.8 Å². The van der Waals surface area contributed by atoms with Crippen LogP contribution in [0.1, 0.15) is 29.8 Å². The monoisotopic (exact) mass is 341 g/mol. The lowest BCUT2D eigenvalue weighted by molar-refractivity contribution is -0.00163. The van der Waals surface area contributed by atoms with E-state index in [0.29, 0.717) is 6.61 Å². The number of ether oxygens (including phenoxy) is 2. The van der Waals surface area contributed by atoms with Gasteiger partial charge in [0.05, 0.1) is 11.4 Å². The average molecular weight is 341 g/mol. The highest BCUT2D eigenvalue weighted by molar-refractivity contribution is 5.62. The first-order valence-electron chi connectivity index (χ1n) is 8.74. The Labute approximate surface area is 147 Å². The Hall–Kier alpha value is -2.34. The quantitative estimate of drug-likeness (QED) is 0.803. The van der Waals surface area contributed by atoms with Crippen molar-refractivity contribution in [1.29, 1.82) is 0 Å². The molecule has 0 radical (unpaired) electrons. The topological polar surface area (TPSA) is 56.6 Å². The van der Waals surface area contributed by atoms with Crippen molar-refractivity contribution in [1.82, 2.24) is 14.7 Å². The number of cyclic esters (lactones) is 1. The van der Waals surface area contributed by atoms with Gasteiger partial charge in [-0.2, -0.15) is 5.10 Å². The number of rotatable bonds is 3. The molecule has 25 heavy (non-hydrogen) atoms. The average Bonchev–Trinajstić information content (AvgIpc) is 3.12. The number of aryl methyl sites for hydroxylation is 2. The third-order valence-corrected chi connectivity index (χ3v) is 5.09. The zero-order chi connectivity index (χ0) is 17.4. The number of carbonyl (C=O) groups excluding carboxylic acids is 1. The number of hydrogen-bond donors (Lipinski definition) is 0. The number of piperidine rings is 1. The van der Waals surface area contributed by atoms with E-state index in [1.807, 2.05) is 11.6 Å². The largest absolute Gasteiger partial charge is 0.509 e. The predicted molar refractivity (Wildman–Crippen MR) is 92.7 cm³/mol. The fourth-order valence-electron chi connectivity index (χ4n) is 3.73. The van der Waals surface area contributed by atoms with E-state index < -0.39 is 6.16 Å². The Morgan fingerprint density at radius 3 is 2.64 bits per heavy atom. The highest BCUT2D eigenvalue weighted by Gasteiger charge is 2.44. The Morgan fingerprint density at radius 2 is 2.00 bits per heavy atom. The van der Waals surface area contributed by atoms with Crippen LogP contribution in [-0.2, 0) is 16.0 Å². The second-order valence-corrected chi connectivity index (χ2v) is 7.11. The van der Waals surface area contributed by atoms with E-state index in [4.69, 9.17) is 9.47 Å². The summed E-state index contributed by atoms with van der Waals surface area (Å²) in [6.07, 6.45) is 1.14. The Kier molecular flexibility index (Phi) is 4.00. The Bertz CT molecular complexity index is 791. The molecule has 0 saturated carbocycles. The van der Waals surface area contributed by atoms with Crippen molar-refractivity contribution in [3.63, 3.8) is 0 Å². The molecule has 1 spiro atoms. The summed E-state index contributed by atoms with van der Waals surface area (Å²) in [5.41, 5.74) is 4.13. The first kappa shape index (κ1) is 16.1. The molecule has 0 amide bonds. The highest BCUT2D eigenvalue weighted by Crippen LogP contribution is 2.32. The summed E-state index contributed by atoms with van der Waals surface area (Å²) >= 11 is 0. The summed E-state index contributed by atoms with van der Waals surface area (Å²) in [7, 11) is 0. The molecule has 1 aromatic carbocycles. The molecule has 0 bridgehead atoms. The molecule has 1 aromatic heterocycles. The summed E-state index contributed by atoms with van der Waals surface area (Å²) in [6.45, 7) is 7.17. The molecule has 6 heteroatoms. The molecule has 132 valence electrons. The van der Waals surface area contributed by atoms with Gasteiger partial charge in [-0.1, -0.05) is 12.1 Å². The van der Waals surface area contributed by atoms with Crippen molar-refractivity contribution in [2.24, 2.45) is 0 Å². The second-order valence-electron chi connectivity index (χ2n) is 7.11. The lowest BCUT2D eigenvalue weighted by Crippen LogP contribution is -2.45. The van der Waals surface area contributed by atoms with Gasteiger partial charge in [0.15, 0.2) is 5.60 Å². The third kappa shape index (κ3) is 3.26. The summed E-state index contributed by atoms with van der Waals surface area (Å²) in [5.74, 6) is 0. The molecule has 0 N–H and O–H groups in total. The van der Waals surface area contributed by atoms with Crippen molar-refractivity contribution in [2.45, 2.75) is 38.8 Å². The molecule has 0 unspecified atom stereocenters. The number of likely N-dealkylation sites (tertiary alicyclic amines) is 1. The molecule has 0 atom stereocenters. The van der Waals surface area contributed by atoms with Crippen LogP contribution in [0.25, 0.3) is 5.69 Å². The molecular weight excluding hydrogens is 318 g/mol. The summed E-state index contributed by atoms with van der Waals surface area (Å²) in [5, 5.41) is 4.56. The fraction of sp³-hybridized carbons (Fsp3) is 0.474. The molecule has 3 heterocycles. The van der Waals surface area contributed by atoms with Gasteiger partial charge in [0, 0.05) is 38.2 Å². The first-order chi connectivity index (χ1) is 12.0. The standard InChI is InChI=1S/C19H23N3O3/c1-14-10-15(2)22(20-14)17-5-3-4-16(11-17)12-21-8-6-19(7-9-21)13-24-18(23)25-19/h3-5,10-11H,6-9,12-13H2,1-2H3. The van der Waals surface area contributed by atoms with Crippen molar-refractivity contribution in [3.05, 3.63) is 47.3 Å². The Morgan fingerprint density at radius 1 is 1.20 bits per heavy atom. The van der Waals surface area contributed by atoms with Crippen LogP contribution in [0.5, 0.6) is 0 Å². The van der Waals surface area contributed by atoms with Gasteiger partial charge in [0.1, 0.15) is 6.61 Å². The fourth-order valence-corrected chi connectivity index (χ4v) is 3.73. The van der Waals surface area contributed by atoms with Gasteiger partial charge in [0.25, 0.3) is 0 Å².